The fraction of sp³-hybridized carbons (Fsp3) is 0.273. The van der Waals surface area contributed by atoms with Gasteiger partial charge in [0.15, 0.2) is 0 Å². The number of hydrogen-bond acceptors (Lipinski definition) is 2. The lowest BCUT2D eigenvalue weighted by molar-refractivity contribution is 0.0954. The summed E-state index contributed by atoms with van der Waals surface area (Å²) in [6.07, 6.45) is 3.61. The predicted molar refractivity (Wildman–Crippen MR) is 106 cm³/mol. The Bertz CT molecular complexity index is 1020. The molecule has 134 valence electrons. The number of rotatable bonds is 5. The fourth-order valence-corrected chi connectivity index (χ4v) is 3.01. The fourth-order valence-electron chi connectivity index (χ4n) is 3.01. The molecule has 0 fully saturated rings. The molecule has 3 rings (SSSR count). The molecule has 0 atom stereocenters. The SMILES string of the molecule is CCCCNC(=O)c1cn(-c2ccc(C)c(C)c2)c(=O)c2ccccc12. The van der Waals surface area contributed by atoms with E-state index in [1.807, 2.05) is 50.2 Å². The molecule has 1 amide bonds. The zero-order valence-electron chi connectivity index (χ0n) is 15.5. The number of nitrogens with one attached hydrogen (secondary N) is 1. The van der Waals surface area contributed by atoms with Crippen LogP contribution in [0.5, 0.6) is 0 Å². The molecule has 4 heteroatoms. The summed E-state index contributed by atoms with van der Waals surface area (Å²) in [7, 11) is 0. The summed E-state index contributed by atoms with van der Waals surface area (Å²) >= 11 is 0. The number of fused-ring (bicyclic) bond motifs is 1. The quantitative estimate of drug-likeness (QED) is 0.705. The molecule has 0 spiro atoms. The van der Waals surface area contributed by atoms with Crippen molar-refractivity contribution in [2.75, 3.05) is 6.54 Å². The Kier molecular flexibility index (Phi) is 5.21. The Hall–Kier alpha value is -2.88. The maximum atomic E-state index is 13.0. The van der Waals surface area contributed by atoms with Gasteiger partial charge < -0.3 is 5.32 Å². The second-order valence-electron chi connectivity index (χ2n) is 6.64. The van der Waals surface area contributed by atoms with Crippen molar-refractivity contribution in [3.05, 3.63) is 75.7 Å². The summed E-state index contributed by atoms with van der Waals surface area (Å²) in [6, 6.07) is 13.2. The molecule has 0 saturated heterocycles. The summed E-state index contributed by atoms with van der Waals surface area (Å²) in [4.78, 5) is 25.7. The van der Waals surface area contributed by atoms with Crippen LogP contribution in [-0.4, -0.2) is 17.0 Å². The van der Waals surface area contributed by atoms with Crippen molar-refractivity contribution in [1.29, 1.82) is 0 Å². The van der Waals surface area contributed by atoms with E-state index in [9.17, 15) is 9.59 Å². The van der Waals surface area contributed by atoms with Crippen LogP contribution in [-0.2, 0) is 0 Å². The van der Waals surface area contributed by atoms with Crippen LogP contribution in [0.15, 0.2) is 53.5 Å². The standard InChI is InChI=1S/C22H24N2O2/c1-4-5-12-23-21(25)20-14-24(17-11-10-15(2)16(3)13-17)22(26)19-9-7-6-8-18(19)20/h6-11,13-14H,4-5,12H2,1-3H3,(H,23,25). The van der Waals surface area contributed by atoms with E-state index in [0.29, 0.717) is 22.9 Å². The van der Waals surface area contributed by atoms with Gasteiger partial charge in [-0.25, -0.2) is 0 Å². The van der Waals surface area contributed by atoms with Gasteiger partial charge in [-0.2, -0.15) is 0 Å². The molecular formula is C22H24N2O2. The average molecular weight is 348 g/mol. The number of pyridine rings is 1. The zero-order chi connectivity index (χ0) is 18.7. The smallest absolute Gasteiger partial charge is 0.262 e. The molecule has 2 aromatic carbocycles. The number of aromatic nitrogens is 1. The van der Waals surface area contributed by atoms with Crippen LogP contribution >= 0.6 is 0 Å². The molecule has 0 aliphatic rings. The lowest BCUT2D eigenvalue weighted by Gasteiger charge is -2.13. The molecule has 0 bridgehead atoms. The average Bonchev–Trinajstić information content (AvgIpc) is 2.65. The molecule has 0 aliphatic heterocycles. The van der Waals surface area contributed by atoms with Crippen molar-refractivity contribution in [3.63, 3.8) is 0 Å². The Morgan fingerprint density at radius 1 is 1.04 bits per heavy atom. The maximum Gasteiger partial charge on any atom is 0.262 e. The van der Waals surface area contributed by atoms with E-state index in [1.54, 1.807) is 16.8 Å². The molecule has 1 heterocycles. The molecule has 3 aromatic rings. The van der Waals surface area contributed by atoms with E-state index in [4.69, 9.17) is 0 Å². The topological polar surface area (TPSA) is 51.1 Å². The number of amides is 1. The van der Waals surface area contributed by atoms with Crippen molar-refractivity contribution in [3.8, 4) is 5.69 Å². The highest BCUT2D eigenvalue weighted by Crippen LogP contribution is 2.19. The number of carbonyl (C=O) groups is 1. The van der Waals surface area contributed by atoms with Gasteiger partial charge in [-0.05, 0) is 49.6 Å². The number of unbranched alkanes of at least 4 members (excludes halogenated alkanes) is 1. The third-order valence-electron chi connectivity index (χ3n) is 4.75. The minimum Gasteiger partial charge on any atom is -0.352 e. The number of nitrogens with zero attached hydrogens (tertiary/aromatic N) is 1. The van der Waals surface area contributed by atoms with Crippen LogP contribution in [0.3, 0.4) is 0 Å². The van der Waals surface area contributed by atoms with Gasteiger partial charge in [0.05, 0.1) is 5.56 Å². The Morgan fingerprint density at radius 3 is 2.46 bits per heavy atom. The molecule has 0 saturated carbocycles. The normalized spacial score (nSPS) is 10.9. The molecule has 26 heavy (non-hydrogen) atoms. The summed E-state index contributed by atoms with van der Waals surface area (Å²) in [5.74, 6) is -0.146. The van der Waals surface area contributed by atoms with Gasteiger partial charge in [-0.3, -0.25) is 14.2 Å². The maximum absolute atomic E-state index is 13.0. The Morgan fingerprint density at radius 2 is 1.77 bits per heavy atom. The lowest BCUT2D eigenvalue weighted by Crippen LogP contribution is -2.27. The van der Waals surface area contributed by atoms with Crippen molar-refractivity contribution in [2.45, 2.75) is 33.6 Å². The Labute approximate surface area is 153 Å². The van der Waals surface area contributed by atoms with E-state index < -0.39 is 0 Å². The highest BCUT2D eigenvalue weighted by Gasteiger charge is 2.15. The van der Waals surface area contributed by atoms with Gasteiger partial charge in [-0.1, -0.05) is 37.6 Å². The summed E-state index contributed by atoms with van der Waals surface area (Å²) < 4.78 is 1.57. The van der Waals surface area contributed by atoms with Gasteiger partial charge in [0.1, 0.15) is 0 Å². The first kappa shape index (κ1) is 17.9. The third-order valence-corrected chi connectivity index (χ3v) is 4.75. The van der Waals surface area contributed by atoms with Crippen molar-refractivity contribution in [2.24, 2.45) is 0 Å². The van der Waals surface area contributed by atoms with Gasteiger partial charge in [0, 0.05) is 29.2 Å². The number of aryl methyl sites for hydroxylation is 2. The van der Waals surface area contributed by atoms with Gasteiger partial charge in [-0.15, -0.1) is 0 Å². The van der Waals surface area contributed by atoms with Crippen LogP contribution < -0.4 is 10.9 Å². The first-order valence-corrected chi connectivity index (χ1v) is 9.03. The van der Waals surface area contributed by atoms with Gasteiger partial charge in [0.25, 0.3) is 11.5 Å². The van der Waals surface area contributed by atoms with E-state index in [-0.39, 0.29) is 11.5 Å². The van der Waals surface area contributed by atoms with Crippen LogP contribution in [0.25, 0.3) is 16.5 Å². The van der Waals surface area contributed by atoms with E-state index in [0.717, 1.165) is 24.1 Å². The van der Waals surface area contributed by atoms with E-state index >= 15 is 0 Å². The van der Waals surface area contributed by atoms with Crippen molar-refractivity contribution < 1.29 is 4.79 Å². The molecule has 1 N–H and O–H groups in total. The Balaban J connectivity index is 2.18. The summed E-state index contributed by atoms with van der Waals surface area (Å²) in [5, 5.41) is 4.19. The van der Waals surface area contributed by atoms with E-state index in [2.05, 4.69) is 12.2 Å². The summed E-state index contributed by atoms with van der Waals surface area (Å²) in [6.45, 7) is 6.77. The van der Waals surface area contributed by atoms with Crippen molar-refractivity contribution >= 4 is 16.7 Å². The monoisotopic (exact) mass is 348 g/mol. The molecule has 4 nitrogen and oxygen atoms in total. The second-order valence-corrected chi connectivity index (χ2v) is 6.64. The molecule has 1 aromatic heterocycles. The highest BCUT2D eigenvalue weighted by atomic mass is 16.2. The molecular weight excluding hydrogens is 324 g/mol. The van der Waals surface area contributed by atoms with Crippen LogP contribution in [0, 0.1) is 13.8 Å². The number of carbonyl (C=O) groups excluding carboxylic acids is 1. The largest absolute Gasteiger partial charge is 0.352 e. The third kappa shape index (κ3) is 3.40. The minimum absolute atomic E-state index is 0.117. The first-order valence-electron chi connectivity index (χ1n) is 9.03. The zero-order valence-corrected chi connectivity index (χ0v) is 15.5. The summed E-state index contributed by atoms with van der Waals surface area (Å²) in [5.41, 5.74) is 3.45. The minimum atomic E-state index is -0.146. The van der Waals surface area contributed by atoms with Crippen molar-refractivity contribution in [1.82, 2.24) is 9.88 Å². The van der Waals surface area contributed by atoms with E-state index in [1.165, 1.54) is 5.56 Å². The highest BCUT2D eigenvalue weighted by molar-refractivity contribution is 6.06. The van der Waals surface area contributed by atoms with Crippen LogP contribution in [0.1, 0.15) is 41.3 Å². The van der Waals surface area contributed by atoms with Crippen LogP contribution in [0.2, 0.25) is 0 Å². The molecule has 0 unspecified atom stereocenters. The van der Waals surface area contributed by atoms with Gasteiger partial charge in [0.2, 0.25) is 0 Å². The predicted octanol–water partition coefficient (Wildman–Crippen LogP) is 4.14. The second kappa shape index (κ2) is 7.56. The lowest BCUT2D eigenvalue weighted by atomic mass is 10.1. The first-order chi connectivity index (χ1) is 12.5. The number of benzene rings is 2. The molecule has 0 aliphatic carbocycles. The van der Waals surface area contributed by atoms with Gasteiger partial charge >= 0.3 is 0 Å². The van der Waals surface area contributed by atoms with Crippen LogP contribution in [0.4, 0.5) is 0 Å². The molecule has 0 radical (unpaired) electrons. The number of hydrogen-bond donors (Lipinski definition) is 1.